The first-order valence-corrected chi connectivity index (χ1v) is 7.98. The molecule has 3 rings (SSSR count). The van der Waals surface area contributed by atoms with Gasteiger partial charge in [-0.2, -0.15) is 0 Å². The maximum absolute atomic E-state index is 12.2. The summed E-state index contributed by atoms with van der Waals surface area (Å²) >= 11 is 0. The molecule has 2 atom stereocenters. The van der Waals surface area contributed by atoms with Crippen molar-refractivity contribution < 1.29 is 14.6 Å². The van der Waals surface area contributed by atoms with Crippen molar-refractivity contribution in [3.63, 3.8) is 0 Å². The summed E-state index contributed by atoms with van der Waals surface area (Å²) < 4.78 is 5.72. The van der Waals surface area contributed by atoms with Crippen LogP contribution in [0.4, 0.5) is 11.5 Å². The quantitative estimate of drug-likeness (QED) is 0.848. The van der Waals surface area contributed by atoms with E-state index >= 15 is 0 Å². The Balaban J connectivity index is 1.67. The highest BCUT2D eigenvalue weighted by molar-refractivity contribution is 6.04. The smallest absolute Gasteiger partial charge is 0.257 e. The molecule has 1 aliphatic heterocycles. The molecule has 2 N–H and O–H groups in total. The maximum Gasteiger partial charge on any atom is 0.257 e. The predicted molar refractivity (Wildman–Crippen MR) is 92.5 cm³/mol. The fourth-order valence-electron chi connectivity index (χ4n) is 2.82. The fraction of sp³-hybridized carbons (Fsp3) is 0.333. The number of aromatic nitrogens is 1. The summed E-state index contributed by atoms with van der Waals surface area (Å²) in [7, 11) is 0. The molecule has 6 nitrogen and oxygen atoms in total. The lowest BCUT2D eigenvalue weighted by Crippen LogP contribution is -2.45. The van der Waals surface area contributed by atoms with Crippen molar-refractivity contribution in [3.8, 4) is 5.75 Å². The van der Waals surface area contributed by atoms with E-state index in [0.29, 0.717) is 11.3 Å². The number of aromatic hydroxyl groups is 1. The van der Waals surface area contributed by atoms with Crippen molar-refractivity contribution in [1.29, 1.82) is 0 Å². The molecule has 0 saturated carbocycles. The monoisotopic (exact) mass is 327 g/mol. The second kappa shape index (κ2) is 6.88. The van der Waals surface area contributed by atoms with Crippen LogP contribution in [0.5, 0.6) is 5.75 Å². The Bertz CT molecular complexity index is 690. The fourth-order valence-corrected chi connectivity index (χ4v) is 2.82. The van der Waals surface area contributed by atoms with Crippen molar-refractivity contribution in [3.05, 3.63) is 48.2 Å². The minimum atomic E-state index is -0.233. The van der Waals surface area contributed by atoms with Gasteiger partial charge in [0, 0.05) is 25.0 Å². The summed E-state index contributed by atoms with van der Waals surface area (Å²) in [6.45, 7) is 5.66. The zero-order valence-corrected chi connectivity index (χ0v) is 13.8. The number of amides is 1. The van der Waals surface area contributed by atoms with Gasteiger partial charge in [-0.1, -0.05) is 0 Å². The summed E-state index contributed by atoms with van der Waals surface area (Å²) in [6, 6.07) is 9.96. The lowest BCUT2D eigenvalue weighted by Gasteiger charge is -2.36. The molecule has 6 heteroatoms. The SMILES string of the molecule is CC1CN(c2ccc(C(=O)Nc3ccc(O)cc3)cn2)CC(C)O1. The number of phenolic OH excluding ortho intramolecular Hbond substituents is 1. The molecule has 1 amide bonds. The molecule has 1 aliphatic rings. The van der Waals surface area contributed by atoms with Crippen LogP contribution in [-0.4, -0.2) is 41.3 Å². The minimum Gasteiger partial charge on any atom is -0.508 e. The Kier molecular flexibility index (Phi) is 4.66. The largest absolute Gasteiger partial charge is 0.508 e. The topological polar surface area (TPSA) is 74.7 Å². The molecule has 0 bridgehead atoms. The van der Waals surface area contributed by atoms with Crippen molar-refractivity contribution in [2.24, 2.45) is 0 Å². The predicted octanol–water partition coefficient (Wildman–Crippen LogP) is 2.65. The Morgan fingerprint density at radius 2 is 1.83 bits per heavy atom. The van der Waals surface area contributed by atoms with Gasteiger partial charge >= 0.3 is 0 Å². The molecule has 2 aromatic rings. The van der Waals surface area contributed by atoms with Crippen LogP contribution in [0, 0.1) is 0 Å². The first kappa shape index (κ1) is 16.3. The van der Waals surface area contributed by atoms with E-state index < -0.39 is 0 Å². The Hall–Kier alpha value is -2.60. The van der Waals surface area contributed by atoms with Crippen molar-refractivity contribution >= 4 is 17.4 Å². The van der Waals surface area contributed by atoms with E-state index in [-0.39, 0.29) is 23.9 Å². The lowest BCUT2D eigenvalue weighted by atomic mass is 10.2. The summed E-state index contributed by atoms with van der Waals surface area (Å²) in [5.74, 6) is 0.773. The molecule has 0 aliphatic carbocycles. The molecule has 1 fully saturated rings. The molecule has 1 aromatic carbocycles. The third-order valence-electron chi connectivity index (χ3n) is 3.88. The lowest BCUT2D eigenvalue weighted by molar-refractivity contribution is -0.00546. The van der Waals surface area contributed by atoms with Crippen molar-refractivity contribution in [2.45, 2.75) is 26.1 Å². The highest BCUT2D eigenvalue weighted by atomic mass is 16.5. The van der Waals surface area contributed by atoms with Crippen LogP contribution in [0.3, 0.4) is 0 Å². The van der Waals surface area contributed by atoms with E-state index in [1.165, 1.54) is 12.1 Å². The second-order valence-corrected chi connectivity index (χ2v) is 6.07. The van der Waals surface area contributed by atoms with Crippen LogP contribution in [-0.2, 0) is 4.74 Å². The third-order valence-corrected chi connectivity index (χ3v) is 3.88. The molecule has 1 saturated heterocycles. The number of hydrogen-bond donors (Lipinski definition) is 2. The number of ether oxygens (including phenoxy) is 1. The molecule has 1 aromatic heterocycles. The average Bonchev–Trinajstić information content (AvgIpc) is 2.56. The molecule has 0 spiro atoms. The van der Waals surface area contributed by atoms with Gasteiger partial charge in [-0.05, 0) is 50.2 Å². The van der Waals surface area contributed by atoms with Crippen molar-refractivity contribution in [2.75, 3.05) is 23.3 Å². The number of pyridine rings is 1. The number of phenols is 1. The number of nitrogens with one attached hydrogen (secondary N) is 1. The first-order valence-electron chi connectivity index (χ1n) is 7.98. The van der Waals surface area contributed by atoms with Gasteiger partial charge in [-0.15, -0.1) is 0 Å². The number of benzene rings is 1. The van der Waals surface area contributed by atoms with E-state index in [1.807, 2.05) is 19.9 Å². The third kappa shape index (κ3) is 3.83. The van der Waals surface area contributed by atoms with Gasteiger partial charge in [0.15, 0.2) is 0 Å². The minimum absolute atomic E-state index is 0.160. The van der Waals surface area contributed by atoms with Crippen LogP contribution in [0.1, 0.15) is 24.2 Å². The Morgan fingerprint density at radius 3 is 2.42 bits per heavy atom. The molecule has 2 unspecified atom stereocenters. The van der Waals surface area contributed by atoms with Gasteiger partial charge < -0.3 is 20.1 Å². The molecule has 126 valence electrons. The Morgan fingerprint density at radius 1 is 1.17 bits per heavy atom. The van der Waals surface area contributed by atoms with Crippen LogP contribution in [0.15, 0.2) is 42.6 Å². The second-order valence-electron chi connectivity index (χ2n) is 6.07. The molecular weight excluding hydrogens is 306 g/mol. The van der Waals surface area contributed by atoms with Gasteiger partial charge in [0.2, 0.25) is 0 Å². The van der Waals surface area contributed by atoms with E-state index in [4.69, 9.17) is 4.74 Å². The number of morpholine rings is 1. The van der Waals surface area contributed by atoms with Crippen LogP contribution in [0.25, 0.3) is 0 Å². The standard InChI is InChI=1S/C18H21N3O3/c1-12-10-21(11-13(2)24-12)17-8-3-14(9-19-17)18(23)20-15-4-6-16(22)7-5-15/h3-9,12-13,22H,10-11H2,1-2H3,(H,20,23). The molecule has 2 heterocycles. The summed E-state index contributed by atoms with van der Waals surface area (Å²) in [4.78, 5) is 18.8. The number of rotatable bonds is 3. The van der Waals surface area contributed by atoms with Crippen LogP contribution < -0.4 is 10.2 Å². The van der Waals surface area contributed by atoms with Gasteiger partial charge in [0.1, 0.15) is 11.6 Å². The summed E-state index contributed by atoms with van der Waals surface area (Å²) in [5, 5.41) is 12.0. The number of hydrogen-bond acceptors (Lipinski definition) is 5. The molecule has 24 heavy (non-hydrogen) atoms. The zero-order chi connectivity index (χ0) is 17.1. The maximum atomic E-state index is 12.2. The first-order chi connectivity index (χ1) is 11.5. The molecular formula is C18H21N3O3. The zero-order valence-electron chi connectivity index (χ0n) is 13.8. The number of carbonyl (C=O) groups is 1. The number of nitrogens with zero attached hydrogens (tertiary/aromatic N) is 2. The highest BCUT2D eigenvalue weighted by Crippen LogP contribution is 2.19. The number of carbonyl (C=O) groups excluding carboxylic acids is 1. The Labute approximate surface area is 141 Å². The normalized spacial score (nSPS) is 20.7. The van der Waals surface area contributed by atoms with Crippen LogP contribution >= 0.6 is 0 Å². The summed E-state index contributed by atoms with van der Waals surface area (Å²) in [6.07, 6.45) is 1.90. The van der Waals surface area contributed by atoms with E-state index in [1.54, 1.807) is 24.4 Å². The van der Waals surface area contributed by atoms with Gasteiger partial charge in [0.25, 0.3) is 5.91 Å². The summed E-state index contributed by atoms with van der Waals surface area (Å²) in [5.41, 5.74) is 1.11. The van der Waals surface area contributed by atoms with Crippen LogP contribution in [0.2, 0.25) is 0 Å². The average molecular weight is 327 g/mol. The van der Waals surface area contributed by atoms with Gasteiger partial charge in [-0.3, -0.25) is 4.79 Å². The van der Waals surface area contributed by atoms with Gasteiger partial charge in [0.05, 0.1) is 17.8 Å². The van der Waals surface area contributed by atoms with E-state index in [2.05, 4.69) is 15.2 Å². The van der Waals surface area contributed by atoms with Crippen molar-refractivity contribution in [1.82, 2.24) is 4.98 Å². The van der Waals surface area contributed by atoms with Gasteiger partial charge in [-0.25, -0.2) is 4.98 Å². The molecule has 0 radical (unpaired) electrons. The van der Waals surface area contributed by atoms with E-state index in [9.17, 15) is 9.90 Å². The van der Waals surface area contributed by atoms with E-state index in [0.717, 1.165) is 18.9 Å². The highest BCUT2D eigenvalue weighted by Gasteiger charge is 2.23. The number of anilines is 2.